The smallest absolute Gasteiger partial charge is 0.161 e. The Morgan fingerprint density at radius 1 is 1.33 bits per heavy atom. The van der Waals surface area contributed by atoms with Crippen molar-refractivity contribution in [3.63, 3.8) is 0 Å². The first-order chi connectivity index (χ1) is 10.1. The minimum absolute atomic E-state index is 0.190. The number of rotatable bonds is 3. The maximum atomic E-state index is 10.9. The number of quaternary nitrogens is 1. The highest BCUT2D eigenvalue weighted by atomic mass is 16.5. The highest BCUT2D eigenvalue weighted by Crippen LogP contribution is 2.44. The van der Waals surface area contributed by atoms with E-state index >= 15 is 0 Å². The van der Waals surface area contributed by atoms with Gasteiger partial charge in [-0.1, -0.05) is 12.8 Å². The fourth-order valence-corrected chi connectivity index (χ4v) is 4.13. The Morgan fingerprint density at radius 3 is 3.00 bits per heavy atom. The molecule has 2 aliphatic rings. The van der Waals surface area contributed by atoms with Gasteiger partial charge in [0, 0.05) is 17.9 Å². The Balaban J connectivity index is 1.89. The van der Waals surface area contributed by atoms with Gasteiger partial charge in [0.15, 0.2) is 11.5 Å². The second-order valence-corrected chi connectivity index (χ2v) is 6.42. The predicted molar refractivity (Wildman–Crippen MR) is 80.3 cm³/mol. The average molecular weight is 292 g/mol. The lowest BCUT2D eigenvalue weighted by Gasteiger charge is -2.46. The molecule has 4 nitrogen and oxygen atoms in total. The van der Waals surface area contributed by atoms with Crippen molar-refractivity contribution in [2.75, 3.05) is 13.2 Å². The first kappa shape index (κ1) is 14.7. The molecule has 1 aromatic rings. The molecular formula is C17H26NO3+. The number of nitrogens with two attached hydrogens (primary N) is 1. The van der Waals surface area contributed by atoms with Crippen LogP contribution in [-0.4, -0.2) is 29.0 Å². The van der Waals surface area contributed by atoms with Crippen molar-refractivity contribution in [2.45, 2.75) is 50.7 Å². The summed E-state index contributed by atoms with van der Waals surface area (Å²) in [7, 11) is 0. The van der Waals surface area contributed by atoms with Gasteiger partial charge in [0.05, 0.1) is 18.8 Å². The Kier molecular flexibility index (Phi) is 4.09. The molecule has 3 rings (SSSR count). The SMILES string of the molecule is CCOc1cc([C@@H]2[NH2+]CC[C@@]3(O)CCCC[C@@H]23)ccc1O. The summed E-state index contributed by atoms with van der Waals surface area (Å²) < 4.78 is 5.50. The Morgan fingerprint density at radius 2 is 2.19 bits per heavy atom. The highest BCUT2D eigenvalue weighted by molar-refractivity contribution is 5.42. The van der Waals surface area contributed by atoms with Crippen LogP contribution in [0.15, 0.2) is 18.2 Å². The van der Waals surface area contributed by atoms with Crippen molar-refractivity contribution in [2.24, 2.45) is 5.92 Å². The number of ether oxygens (including phenoxy) is 1. The third kappa shape index (κ3) is 2.74. The summed E-state index contributed by atoms with van der Waals surface area (Å²) in [6.45, 7) is 3.42. The molecule has 4 heteroatoms. The summed E-state index contributed by atoms with van der Waals surface area (Å²) >= 11 is 0. The maximum absolute atomic E-state index is 10.9. The molecule has 0 amide bonds. The van der Waals surface area contributed by atoms with Crippen LogP contribution in [0.4, 0.5) is 0 Å². The Hall–Kier alpha value is -1.26. The molecule has 0 radical (unpaired) electrons. The molecule has 1 aromatic carbocycles. The molecule has 1 aliphatic carbocycles. The zero-order chi connectivity index (χ0) is 14.9. The van der Waals surface area contributed by atoms with E-state index in [0.717, 1.165) is 37.8 Å². The van der Waals surface area contributed by atoms with Crippen molar-refractivity contribution in [1.82, 2.24) is 0 Å². The second kappa shape index (κ2) is 5.85. The molecule has 0 spiro atoms. The first-order valence-corrected chi connectivity index (χ1v) is 8.15. The number of phenols is 1. The summed E-state index contributed by atoms with van der Waals surface area (Å²) in [5.74, 6) is 1.04. The molecule has 1 saturated carbocycles. The van der Waals surface area contributed by atoms with Gasteiger partial charge in [0.1, 0.15) is 6.04 Å². The summed E-state index contributed by atoms with van der Waals surface area (Å²) in [6.07, 6.45) is 5.25. The van der Waals surface area contributed by atoms with Crippen LogP contribution < -0.4 is 10.1 Å². The van der Waals surface area contributed by atoms with E-state index < -0.39 is 5.60 Å². The van der Waals surface area contributed by atoms with Gasteiger partial charge in [-0.2, -0.15) is 0 Å². The van der Waals surface area contributed by atoms with E-state index in [0.29, 0.717) is 18.3 Å². The molecular weight excluding hydrogens is 266 g/mol. The third-order valence-corrected chi connectivity index (χ3v) is 5.16. The van der Waals surface area contributed by atoms with E-state index in [9.17, 15) is 10.2 Å². The highest BCUT2D eigenvalue weighted by Gasteiger charge is 2.48. The topological polar surface area (TPSA) is 66.3 Å². The monoisotopic (exact) mass is 292 g/mol. The fraction of sp³-hybridized carbons (Fsp3) is 0.647. The summed E-state index contributed by atoms with van der Waals surface area (Å²) in [4.78, 5) is 0. The van der Waals surface area contributed by atoms with Crippen molar-refractivity contribution in [1.29, 1.82) is 0 Å². The van der Waals surface area contributed by atoms with Gasteiger partial charge >= 0.3 is 0 Å². The van der Waals surface area contributed by atoms with Gasteiger partial charge in [-0.25, -0.2) is 0 Å². The van der Waals surface area contributed by atoms with Crippen LogP contribution in [0.3, 0.4) is 0 Å². The van der Waals surface area contributed by atoms with E-state index in [1.54, 1.807) is 6.07 Å². The van der Waals surface area contributed by atoms with Crippen molar-refractivity contribution < 1.29 is 20.3 Å². The number of phenolic OH excluding ortho intramolecular Hbond substituents is 1. The molecule has 2 fully saturated rings. The van der Waals surface area contributed by atoms with Crippen molar-refractivity contribution in [3.8, 4) is 11.5 Å². The predicted octanol–water partition coefficient (Wildman–Crippen LogP) is 1.72. The number of aromatic hydroxyl groups is 1. The van der Waals surface area contributed by atoms with Gasteiger partial charge in [-0.3, -0.25) is 0 Å². The summed E-state index contributed by atoms with van der Waals surface area (Å²) in [5.41, 5.74) is 0.655. The van der Waals surface area contributed by atoms with Crippen molar-refractivity contribution in [3.05, 3.63) is 23.8 Å². The van der Waals surface area contributed by atoms with Crippen LogP contribution >= 0.6 is 0 Å². The molecule has 0 bridgehead atoms. The number of aliphatic hydroxyl groups is 1. The van der Waals surface area contributed by atoms with E-state index in [1.165, 1.54) is 6.42 Å². The third-order valence-electron chi connectivity index (χ3n) is 5.16. The lowest BCUT2D eigenvalue weighted by Crippen LogP contribution is -2.91. The van der Waals surface area contributed by atoms with Gasteiger partial charge < -0.3 is 20.3 Å². The van der Waals surface area contributed by atoms with Crippen molar-refractivity contribution >= 4 is 0 Å². The van der Waals surface area contributed by atoms with Gasteiger partial charge in [-0.15, -0.1) is 0 Å². The molecule has 116 valence electrons. The van der Waals surface area contributed by atoms with Crippen LogP contribution in [0.5, 0.6) is 11.5 Å². The number of fused-ring (bicyclic) bond motifs is 1. The van der Waals surface area contributed by atoms with Crippen LogP contribution in [-0.2, 0) is 0 Å². The van der Waals surface area contributed by atoms with Crippen LogP contribution in [0.2, 0.25) is 0 Å². The van der Waals surface area contributed by atoms with E-state index in [1.807, 2.05) is 19.1 Å². The first-order valence-electron chi connectivity index (χ1n) is 8.15. The summed E-state index contributed by atoms with van der Waals surface area (Å²) in [5, 5.41) is 23.2. The standard InChI is InChI=1S/C17H25NO3/c1-2-21-15-11-12(6-7-14(15)19)16-13-5-3-4-8-17(13,20)9-10-18-16/h6-7,11,13,16,18-20H,2-5,8-10H2,1H3/p+1/t13-,16-,17-/m0/s1. The Labute approximate surface area is 126 Å². The lowest BCUT2D eigenvalue weighted by atomic mass is 9.67. The molecule has 0 aromatic heterocycles. The quantitative estimate of drug-likeness (QED) is 0.795. The zero-order valence-corrected chi connectivity index (χ0v) is 12.7. The lowest BCUT2D eigenvalue weighted by molar-refractivity contribution is -0.719. The number of hydrogen-bond acceptors (Lipinski definition) is 3. The second-order valence-electron chi connectivity index (χ2n) is 6.42. The molecule has 0 unspecified atom stereocenters. The normalized spacial score (nSPS) is 32.5. The van der Waals surface area contributed by atoms with Gasteiger partial charge in [0.2, 0.25) is 0 Å². The summed E-state index contributed by atoms with van der Waals surface area (Å²) in [6, 6.07) is 5.90. The number of hydrogen-bond donors (Lipinski definition) is 3. The van der Waals surface area contributed by atoms with E-state index in [-0.39, 0.29) is 11.8 Å². The largest absolute Gasteiger partial charge is 0.504 e. The molecule has 4 N–H and O–H groups in total. The molecule has 1 aliphatic heterocycles. The van der Waals surface area contributed by atoms with Crippen LogP contribution in [0.1, 0.15) is 50.6 Å². The fourth-order valence-electron chi connectivity index (χ4n) is 4.13. The van der Waals surface area contributed by atoms with Crippen LogP contribution in [0, 0.1) is 5.92 Å². The zero-order valence-electron chi connectivity index (χ0n) is 12.7. The molecule has 3 atom stereocenters. The molecule has 1 heterocycles. The maximum Gasteiger partial charge on any atom is 0.161 e. The molecule has 21 heavy (non-hydrogen) atoms. The Bertz CT molecular complexity index is 501. The van der Waals surface area contributed by atoms with Gasteiger partial charge in [-0.05, 0) is 38.0 Å². The number of piperidine rings is 1. The van der Waals surface area contributed by atoms with E-state index in [4.69, 9.17) is 4.74 Å². The number of benzene rings is 1. The average Bonchev–Trinajstić information content (AvgIpc) is 2.48. The minimum atomic E-state index is -0.499. The van der Waals surface area contributed by atoms with Crippen LogP contribution in [0.25, 0.3) is 0 Å². The minimum Gasteiger partial charge on any atom is -0.504 e. The van der Waals surface area contributed by atoms with Gasteiger partial charge in [0.25, 0.3) is 0 Å². The van der Waals surface area contributed by atoms with E-state index in [2.05, 4.69) is 5.32 Å². The molecule has 1 saturated heterocycles.